The number of hydrogen-bond donors (Lipinski definition) is 2. The molecule has 0 bridgehead atoms. The third-order valence-electron chi connectivity index (χ3n) is 7.07. The standard InChI is InChI=1S/C28H31NO6S/c1-28(16-6-3-7-17-28)25(27(31)32)29-26(30)23-15-12-20-8-4-5-9-22(20)24(23)35-18-19-10-13-21(14-11-19)36(2,33)34/h4-5,8-15,25H,3,6-7,16-18H2,1-2H3,(H,29,30)(H,31,32). The molecule has 7 nitrogen and oxygen atoms in total. The molecule has 190 valence electrons. The van der Waals surface area contributed by atoms with E-state index in [-0.39, 0.29) is 17.1 Å². The fourth-order valence-electron chi connectivity index (χ4n) is 4.96. The minimum Gasteiger partial charge on any atom is -0.487 e. The molecule has 1 unspecified atom stereocenters. The molecule has 0 saturated heterocycles. The number of carboxylic acid groups (broad SMARTS) is 1. The summed E-state index contributed by atoms with van der Waals surface area (Å²) in [5.41, 5.74) is 0.478. The van der Waals surface area contributed by atoms with Gasteiger partial charge in [0.15, 0.2) is 9.84 Å². The number of ether oxygens (including phenoxy) is 1. The summed E-state index contributed by atoms with van der Waals surface area (Å²) in [6.07, 6.45) is 5.60. The summed E-state index contributed by atoms with van der Waals surface area (Å²) in [5, 5.41) is 14.4. The Kier molecular flexibility index (Phi) is 7.36. The summed E-state index contributed by atoms with van der Waals surface area (Å²) in [5.74, 6) is -1.18. The van der Waals surface area contributed by atoms with E-state index in [0.29, 0.717) is 5.75 Å². The average molecular weight is 510 g/mol. The normalized spacial score (nSPS) is 16.3. The van der Waals surface area contributed by atoms with E-state index in [0.717, 1.165) is 54.7 Å². The van der Waals surface area contributed by atoms with Crippen LogP contribution < -0.4 is 10.1 Å². The average Bonchev–Trinajstić information content (AvgIpc) is 2.85. The summed E-state index contributed by atoms with van der Waals surface area (Å²) in [6, 6.07) is 16.4. The predicted octanol–water partition coefficient (Wildman–Crippen LogP) is 4.98. The Morgan fingerprint density at radius 2 is 1.67 bits per heavy atom. The molecule has 3 aromatic rings. The van der Waals surface area contributed by atoms with Gasteiger partial charge in [-0.05, 0) is 47.4 Å². The molecule has 0 heterocycles. The zero-order valence-electron chi connectivity index (χ0n) is 20.5. The fourth-order valence-corrected chi connectivity index (χ4v) is 5.59. The molecule has 1 atom stereocenters. The van der Waals surface area contributed by atoms with E-state index in [2.05, 4.69) is 5.32 Å². The lowest BCUT2D eigenvalue weighted by molar-refractivity contribution is -0.143. The van der Waals surface area contributed by atoms with Gasteiger partial charge in [0.25, 0.3) is 5.91 Å². The van der Waals surface area contributed by atoms with E-state index in [4.69, 9.17) is 4.74 Å². The monoisotopic (exact) mass is 509 g/mol. The van der Waals surface area contributed by atoms with Crippen LogP contribution in [0.25, 0.3) is 10.8 Å². The van der Waals surface area contributed by atoms with Crippen LogP contribution in [0.5, 0.6) is 5.75 Å². The van der Waals surface area contributed by atoms with Crippen molar-refractivity contribution in [3.63, 3.8) is 0 Å². The van der Waals surface area contributed by atoms with Crippen molar-refractivity contribution in [1.82, 2.24) is 5.32 Å². The fraction of sp³-hybridized carbons (Fsp3) is 0.357. The van der Waals surface area contributed by atoms with Gasteiger partial charge in [0.05, 0.1) is 10.5 Å². The van der Waals surface area contributed by atoms with E-state index in [1.807, 2.05) is 37.3 Å². The lowest BCUT2D eigenvalue weighted by atomic mass is 9.70. The highest BCUT2D eigenvalue weighted by Gasteiger charge is 2.41. The molecular weight excluding hydrogens is 478 g/mol. The number of hydrogen-bond acceptors (Lipinski definition) is 5. The number of carboxylic acids is 1. The number of rotatable bonds is 8. The number of fused-ring (bicyclic) bond motifs is 1. The second-order valence-corrected chi connectivity index (χ2v) is 11.8. The lowest BCUT2D eigenvalue weighted by Gasteiger charge is -2.38. The molecule has 8 heteroatoms. The van der Waals surface area contributed by atoms with Gasteiger partial charge in [-0.2, -0.15) is 0 Å². The number of carbonyl (C=O) groups excluding carboxylic acids is 1. The molecule has 0 spiro atoms. The maximum absolute atomic E-state index is 13.5. The molecule has 0 aromatic heterocycles. The van der Waals surface area contributed by atoms with Crippen LogP contribution in [0.2, 0.25) is 0 Å². The van der Waals surface area contributed by atoms with Crippen LogP contribution in [0, 0.1) is 5.41 Å². The van der Waals surface area contributed by atoms with Crippen LogP contribution >= 0.6 is 0 Å². The van der Waals surface area contributed by atoms with Crippen molar-refractivity contribution in [3.05, 3.63) is 71.8 Å². The Bertz CT molecular complexity index is 1370. The second kappa shape index (κ2) is 10.3. The minimum absolute atomic E-state index is 0.110. The Morgan fingerprint density at radius 3 is 2.31 bits per heavy atom. The van der Waals surface area contributed by atoms with Crippen LogP contribution in [0.1, 0.15) is 54.9 Å². The van der Waals surface area contributed by atoms with Crippen molar-refractivity contribution in [2.45, 2.75) is 56.6 Å². The van der Waals surface area contributed by atoms with Gasteiger partial charge in [-0.15, -0.1) is 0 Å². The van der Waals surface area contributed by atoms with Crippen LogP contribution in [0.3, 0.4) is 0 Å². The maximum Gasteiger partial charge on any atom is 0.326 e. The van der Waals surface area contributed by atoms with Gasteiger partial charge in [0, 0.05) is 11.6 Å². The van der Waals surface area contributed by atoms with E-state index in [9.17, 15) is 23.1 Å². The second-order valence-electron chi connectivity index (χ2n) is 9.83. The Morgan fingerprint density at radius 1 is 1.00 bits per heavy atom. The molecule has 4 rings (SSSR count). The summed E-state index contributed by atoms with van der Waals surface area (Å²) in [4.78, 5) is 25.9. The highest BCUT2D eigenvalue weighted by molar-refractivity contribution is 7.90. The topological polar surface area (TPSA) is 110 Å². The van der Waals surface area contributed by atoms with Crippen LogP contribution in [-0.2, 0) is 21.2 Å². The predicted molar refractivity (Wildman–Crippen MR) is 138 cm³/mol. The molecule has 0 aliphatic heterocycles. The third-order valence-corrected chi connectivity index (χ3v) is 8.20. The number of benzene rings is 3. The number of nitrogens with one attached hydrogen (secondary N) is 1. The smallest absolute Gasteiger partial charge is 0.326 e. The van der Waals surface area contributed by atoms with Gasteiger partial charge in [-0.25, -0.2) is 13.2 Å². The highest BCUT2D eigenvalue weighted by Crippen LogP contribution is 2.39. The van der Waals surface area contributed by atoms with Gasteiger partial charge in [0.1, 0.15) is 18.4 Å². The van der Waals surface area contributed by atoms with Gasteiger partial charge in [0.2, 0.25) is 0 Å². The minimum atomic E-state index is -3.31. The Labute approximate surface area is 211 Å². The Hall–Kier alpha value is -3.39. The number of aliphatic carboxylic acids is 1. The van der Waals surface area contributed by atoms with Crippen molar-refractivity contribution in [1.29, 1.82) is 0 Å². The molecule has 36 heavy (non-hydrogen) atoms. The molecule has 1 saturated carbocycles. The van der Waals surface area contributed by atoms with Gasteiger partial charge < -0.3 is 15.2 Å². The summed E-state index contributed by atoms with van der Waals surface area (Å²) < 4.78 is 29.6. The molecule has 3 aromatic carbocycles. The summed E-state index contributed by atoms with van der Waals surface area (Å²) in [6.45, 7) is 2.04. The first kappa shape index (κ1) is 25.7. The maximum atomic E-state index is 13.5. The molecule has 1 amide bonds. The molecule has 1 aliphatic carbocycles. The number of amides is 1. The van der Waals surface area contributed by atoms with Gasteiger partial charge in [-0.1, -0.05) is 68.7 Å². The lowest BCUT2D eigenvalue weighted by Crippen LogP contribution is -2.52. The Balaban J connectivity index is 1.64. The first-order valence-corrected chi connectivity index (χ1v) is 13.9. The third kappa shape index (κ3) is 5.54. The highest BCUT2D eigenvalue weighted by atomic mass is 32.2. The first-order chi connectivity index (χ1) is 17.1. The van der Waals surface area contributed by atoms with Gasteiger partial charge >= 0.3 is 5.97 Å². The van der Waals surface area contributed by atoms with Crippen LogP contribution in [0.4, 0.5) is 0 Å². The summed E-state index contributed by atoms with van der Waals surface area (Å²) in [7, 11) is -3.31. The largest absolute Gasteiger partial charge is 0.487 e. The van der Waals surface area contributed by atoms with Crippen LogP contribution in [0.15, 0.2) is 65.6 Å². The van der Waals surface area contributed by atoms with Gasteiger partial charge in [-0.3, -0.25) is 4.79 Å². The van der Waals surface area contributed by atoms with E-state index >= 15 is 0 Å². The van der Waals surface area contributed by atoms with E-state index in [1.165, 1.54) is 12.1 Å². The van der Waals surface area contributed by atoms with Crippen LogP contribution in [-0.4, -0.2) is 37.7 Å². The molecule has 0 radical (unpaired) electrons. The van der Waals surface area contributed by atoms with Crippen molar-refractivity contribution in [3.8, 4) is 5.75 Å². The summed E-state index contributed by atoms with van der Waals surface area (Å²) >= 11 is 0. The van der Waals surface area contributed by atoms with E-state index < -0.39 is 33.2 Å². The quantitative estimate of drug-likeness (QED) is 0.443. The zero-order chi connectivity index (χ0) is 25.9. The van der Waals surface area contributed by atoms with Crippen molar-refractivity contribution >= 4 is 32.5 Å². The molecule has 1 fully saturated rings. The van der Waals surface area contributed by atoms with Crippen molar-refractivity contribution in [2.75, 3.05) is 6.26 Å². The first-order valence-electron chi connectivity index (χ1n) is 12.1. The molecule has 1 aliphatic rings. The number of carbonyl (C=O) groups is 2. The molecular formula is C28H31NO6S. The van der Waals surface area contributed by atoms with Crippen molar-refractivity contribution < 1.29 is 27.9 Å². The van der Waals surface area contributed by atoms with E-state index in [1.54, 1.807) is 18.2 Å². The zero-order valence-corrected chi connectivity index (χ0v) is 21.3. The molecule has 2 N–H and O–H groups in total. The SMILES string of the molecule is CC1(C(NC(=O)c2ccc3ccccc3c2OCc2ccc(S(C)(=O)=O)cc2)C(=O)O)CCCCC1. The number of sulfone groups is 1. The van der Waals surface area contributed by atoms with Crippen molar-refractivity contribution in [2.24, 2.45) is 5.41 Å².